The smallest absolute Gasteiger partial charge is 0.265 e. The first kappa shape index (κ1) is 15.8. The number of thiophene rings is 1. The molecule has 0 bridgehead atoms. The van der Waals surface area contributed by atoms with Crippen LogP contribution in [-0.2, 0) is 5.75 Å². The first-order valence-corrected chi connectivity index (χ1v) is 8.89. The third-order valence-corrected chi connectivity index (χ3v) is 5.13. The van der Waals surface area contributed by atoms with Crippen molar-refractivity contribution in [3.8, 4) is 0 Å². The molecule has 3 rings (SSSR count). The van der Waals surface area contributed by atoms with E-state index in [9.17, 15) is 9.18 Å². The van der Waals surface area contributed by atoms with Crippen LogP contribution < -0.4 is 5.32 Å². The van der Waals surface area contributed by atoms with E-state index in [4.69, 9.17) is 0 Å². The van der Waals surface area contributed by atoms with Gasteiger partial charge >= 0.3 is 0 Å². The minimum atomic E-state index is -0.222. The Morgan fingerprint density at radius 1 is 1.04 bits per heavy atom. The lowest BCUT2D eigenvalue weighted by molar-refractivity contribution is 0.103. The quantitative estimate of drug-likeness (QED) is 0.626. The Hall–Kier alpha value is -2.11. The normalized spacial score (nSPS) is 10.5. The molecule has 0 fully saturated rings. The van der Waals surface area contributed by atoms with Gasteiger partial charge in [0.2, 0.25) is 0 Å². The molecule has 0 saturated heterocycles. The Morgan fingerprint density at radius 2 is 1.78 bits per heavy atom. The minimum absolute atomic E-state index is 0.0894. The number of amides is 1. The summed E-state index contributed by atoms with van der Waals surface area (Å²) in [5.41, 5.74) is 1.92. The van der Waals surface area contributed by atoms with Crippen molar-refractivity contribution in [2.24, 2.45) is 0 Å². The van der Waals surface area contributed by atoms with E-state index < -0.39 is 0 Å². The van der Waals surface area contributed by atoms with Gasteiger partial charge in [-0.2, -0.15) is 0 Å². The van der Waals surface area contributed by atoms with Crippen LogP contribution in [0.1, 0.15) is 15.2 Å². The van der Waals surface area contributed by atoms with Crippen LogP contribution in [0.2, 0.25) is 0 Å². The molecule has 2 nitrogen and oxygen atoms in total. The Morgan fingerprint density at radius 3 is 2.43 bits per heavy atom. The van der Waals surface area contributed by atoms with Gasteiger partial charge in [-0.1, -0.05) is 18.2 Å². The van der Waals surface area contributed by atoms with E-state index in [1.54, 1.807) is 30.0 Å². The third kappa shape index (κ3) is 4.43. The molecule has 0 atom stereocenters. The molecule has 0 saturated carbocycles. The summed E-state index contributed by atoms with van der Waals surface area (Å²) in [6, 6.07) is 17.9. The number of carbonyl (C=O) groups is 1. The largest absolute Gasteiger partial charge is 0.321 e. The predicted molar refractivity (Wildman–Crippen MR) is 94.7 cm³/mol. The van der Waals surface area contributed by atoms with Gasteiger partial charge in [0.15, 0.2) is 0 Å². The Balaban J connectivity index is 1.56. The number of benzene rings is 2. The highest BCUT2D eigenvalue weighted by Gasteiger charge is 2.06. The van der Waals surface area contributed by atoms with E-state index in [2.05, 4.69) is 5.32 Å². The van der Waals surface area contributed by atoms with Gasteiger partial charge in [-0.25, -0.2) is 4.39 Å². The molecule has 1 aromatic heterocycles. The molecule has 5 heteroatoms. The van der Waals surface area contributed by atoms with Crippen LogP contribution in [0, 0.1) is 5.82 Å². The highest BCUT2D eigenvalue weighted by Crippen LogP contribution is 2.24. The molecule has 2 aromatic carbocycles. The van der Waals surface area contributed by atoms with Gasteiger partial charge in [0.1, 0.15) is 5.82 Å². The molecule has 23 heavy (non-hydrogen) atoms. The maximum Gasteiger partial charge on any atom is 0.265 e. The Bertz CT molecular complexity index is 768. The number of anilines is 1. The lowest BCUT2D eigenvalue weighted by Gasteiger charge is -2.06. The van der Waals surface area contributed by atoms with Crippen molar-refractivity contribution < 1.29 is 9.18 Å². The maximum atomic E-state index is 12.9. The number of hydrogen-bond donors (Lipinski definition) is 1. The highest BCUT2D eigenvalue weighted by atomic mass is 32.2. The number of rotatable bonds is 5. The summed E-state index contributed by atoms with van der Waals surface area (Å²) in [5, 5.41) is 4.75. The summed E-state index contributed by atoms with van der Waals surface area (Å²) < 4.78 is 12.9. The van der Waals surface area contributed by atoms with Gasteiger partial charge in [0.25, 0.3) is 5.91 Å². The molecule has 0 aliphatic rings. The van der Waals surface area contributed by atoms with Gasteiger partial charge < -0.3 is 5.32 Å². The zero-order valence-electron chi connectivity index (χ0n) is 12.2. The second-order valence-corrected chi connectivity index (χ2v) is 6.87. The molecular formula is C18H14FNOS2. The molecule has 0 radical (unpaired) electrons. The summed E-state index contributed by atoms with van der Waals surface area (Å²) in [6.07, 6.45) is 0. The molecule has 3 aromatic rings. The van der Waals surface area contributed by atoms with Crippen molar-refractivity contribution in [2.75, 3.05) is 5.32 Å². The molecule has 1 N–H and O–H groups in total. The minimum Gasteiger partial charge on any atom is -0.321 e. The Labute approximate surface area is 142 Å². The lowest BCUT2D eigenvalue weighted by Crippen LogP contribution is -2.09. The van der Waals surface area contributed by atoms with E-state index in [1.807, 2.05) is 35.7 Å². The van der Waals surface area contributed by atoms with Crippen molar-refractivity contribution in [2.45, 2.75) is 10.6 Å². The molecular weight excluding hydrogens is 329 g/mol. The van der Waals surface area contributed by atoms with Crippen molar-refractivity contribution >= 4 is 34.7 Å². The van der Waals surface area contributed by atoms with Gasteiger partial charge in [-0.05, 0) is 53.4 Å². The SMILES string of the molecule is O=C(Nc1ccc(CSc2ccc(F)cc2)cc1)c1cccs1. The number of hydrogen-bond acceptors (Lipinski definition) is 3. The highest BCUT2D eigenvalue weighted by molar-refractivity contribution is 7.98. The van der Waals surface area contributed by atoms with Crippen molar-refractivity contribution in [3.05, 3.63) is 82.3 Å². The molecule has 0 unspecified atom stereocenters. The first-order chi connectivity index (χ1) is 11.2. The van der Waals surface area contributed by atoms with Gasteiger partial charge in [0, 0.05) is 16.3 Å². The molecule has 1 heterocycles. The summed E-state index contributed by atoms with van der Waals surface area (Å²) in [6.45, 7) is 0. The Kier molecular flexibility index (Phi) is 5.10. The van der Waals surface area contributed by atoms with E-state index in [1.165, 1.54) is 23.5 Å². The molecule has 1 amide bonds. The zero-order chi connectivity index (χ0) is 16.1. The maximum absolute atomic E-state index is 12.9. The summed E-state index contributed by atoms with van der Waals surface area (Å²) >= 11 is 3.07. The molecule has 0 spiro atoms. The van der Waals surface area contributed by atoms with Crippen molar-refractivity contribution in [1.29, 1.82) is 0 Å². The second-order valence-electron chi connectivity index (χ2n) is 4.87. The molecule has 0 aliphatic heterocycles. The van der Waals surface area contributed by atoms with E-state index in [0.717, 1.165) is 21.9 Å². The second kappa shape index (κ2) is 7.44. The zero-order valence-corrected chi connectivity index (χ0v) is 13.8. The first-order valence-electron chi connectivity index (χ1n) is 7.03. The topological polar surface area (TPSA) is 29.1 Å². The lowest BCUT2D eigenvalue weighted by atomic mass is 10.2. The van der Waals surface area contributed by atoms with E-state index >= 15 is 0 Å². The summed E-state index contributed by atoms with van der Waals surface area (Å²) in [7, 11) is 0. The van der Waals surface area contributed by atoms with Crippen LogP contribution in [0.25, 0.3) is 0 Å². The number of carbonyl (C=O) groups excluding carboxylic acids is 1. The number of thioether (sulfide) groups is 1. The molecule has 116 valence electrons. The summed E-state index contributed by atoms with van der Waals surface area (Å²) in [5.74, 6) is 0.485. The van der Waals surface area contributed by atoms with Gasteiger partial charge in [-0.15, -0.1) is 23.1 Å². The molecule has 0 aliphatic carbocycles. The summed E-state index contributed by atoms with van der Waals surface area (Å²) in [4.78, 5) is 13.7. The van der Waals surface area contributed by atoms with Crippen LogP contribution >= 0.6 is 23.1 Å². The van der Waals surface area contributed by atoms with Crippen LogP contribution in [0.4, 0.5) is 10.1 Å². The van der Waals surface area contributed by atoms with Crippen molar-refractivity contribution in [1.82, 2.24) is 0 Å². The fourth-order valence-electron chi connectivity index (χ4n) is 1.98. The van der Waals surface area contributed by atoms with Gasteiger partial charge in [-0.3, -0.25) is 4.79 Å². The van der Waals surface area contributed by atoms with Crippen LogP contribution in [-0.4, -0.2) is 5.91 Å². The fraction of sp³-hybridized carbons (Fsp3) is 0.0556. The number of halogens is 1. The third-order valence-electron chi connectivity index (χ3n) is 3.18. The van der Waals surface area contributed by atoms with Crippen molar-refractivity contribution in [3.63, 3.8) is 0 Å². The number of nitrogens with one attached hydrogen (secondary N) is 1. The average Bonchev–Trinajstić information content (AvgIpc) is 3.10. The van der Waals surface area contributed by atoms with Gasteiger partial charge in [0.05, 0.1) is 4.88 Å². The van der Waals surface area contributed by atoms with E-state index in [-0.39, 0.29) is 11.7 Å². The standard InChI is InChI=1S/C18H14FNOS2/c19-14-5-9-16(10-6-14)23-12-13-3-7-15(8-4-13)20-18(21)17-2-1-11-22-17/h1-11H,12H2,(H,20,21). The predicted octanol–water partition coefficient (Wildman–Crippen LogP) is 5.43. The average molecular weight is 343 g/mol. The van der Waals surface area contributed by atoms with Crippen LogP contribution in [0.15, 0.2) is 70.9 Å². The van der Waals surface area contributed by atoms with E-state index in [0.29, 0.717) is 4.88 Å². The van der Waals surface area contributed by atoms with Crippen LogP contribution in [0.3, 0.4) is 0 Å². The fourth-order valence-corrected chi connectivity index (χ4v) is 3.46. The monoisotopic (exact) mass is 343 g/mol. The van der Waals surface area contributed by atoms with Crippen LogP contribution in [0.5, 0.6) is 0 Å².